The molecule has 180 valence electrons. The van der Waals surface area contributed by atoms with E-state index in [4.69, 9.17) is 10.3 Å². The van der Waals surface area contributed by atoms with Crippen LogP contribution in [0, 0.1) is 6.92 Å². The molecule has 1 atom stereocenters. The normalized spacial score (nSPS) is 14.2. The first-order valence-electron chi connectivity index (χ1n) is 11.6. The fourth-order valence-electron chi connectivity index (χ4n) is 4.16. The maximum atomic E-state index is 11.9. The van der Waals surface area contributed by atoms with E-state index in [9.17, 15) is 4.79 Å². The lowest BCUT2D eigenvalue weighted by Crippen LogP contribution is -2.26. The van der Waals surface area contributed by atoms with Crippen molar-refractivity contribution >= 4 is 11.9 Å². The summed E-state index contributed by atoms with van der Waals surface area (Å²) < 4.78 is 7.12. The SMILES string of the molecule is Cc1nc(N)ncc1-c1ccc(C(C)c2noc(-c3cnn(CC(=O)N(C)C)c3)n2)c(C2CC2)c1. The smallest absolute Gasteiger partial charge is 0.261 e. The van der Waals surface area contributed by atoms with Gasteiger partial charge in [-0.2, -0.15) is 10.1 Å². The van der Waals surface area contributed by atoms with Crippen LogP contribution in [-0.2, 0) is 11.3 Å². The largest absolute Gasteiger partial charge is 0.368 e. The van der Waals surface area contributed by atoms with Crippen LogP contribution in [0.3, 0.4) is 0 Å². The average Bonchev–Trinajstić information content (AvgIpc) is 3.37. The molecule has 3 aromatic heterocycles. The van der Waals surface area contributed by atoms with Gasteiger partial charge in [-0.25, -0.2) is 9.97 Å². The standard InChI is InChI=1S/C25H28N8O2/c1-14(23-30-24(35-31-23)18-10-28-33(12-18)13-22(34)32(3)4)19-8-7-17(9-20(19)16-5-6-16)21-11-27-25(26)29-15(21)2/h7-12,14,16H,5-6,13H2,1-4H3,(H2,26,27,29). The molecule has 5 rings (SSSR count). The van der Waals surface area contributed by atoms with E-state index in [1.807, 2.05) is 6.92 Å². The lowest BCUT2D eigenvalue weighted by molar-refractivity contribution is -0.129. The van der Waals surface area contributed by atoms with Crippen molar-refractivity contribution < 1.29 is 9.32 Å². The monoisotopic (exact) mass is 472 g/mol. The second-order valence-corrected chi connectivity index (χ2v) is 9.24. The molecule has 3 heterocycles. The van der Waals surface area contributed by atoms with Crippen molar-refractivity contribution in [2.75, 3.05) is 19.8 Å². The Hall–Kier alpha value is -4.08. The lowest BCUT2D eigenvalue weighted by atomic mass is 9.89. The van der Waals surface area contributed by atoms with Crippen LogP contribution in [-0.4, -0.2) is 54.8 Å². The van der Waals surface area contributed by atoms with E-state index in [1.165, 1.54) is 28.9 Å². The molecule has 0 radical (unpaired) electrons. The molecular formula is C25H28N8O2. The molecular weight excluding hydrogens is 444 g/mol. The van der Waals surface area contributed by atoms with Crippen LogP contribution in [0.1, 0.15) is 54.2 Å². The van der Waals surface area contributed by atoms with Crippen LogP contribution in [0.25, 0.3) is 22.6 Å². The van der Waals surface area contributed by atoms with Crippen molar-refractivity contribution in [2.45, 2.75) is 45.1 Å². The maximum Gasteiger partial charge on any atom is 0.261 e. The highest BCUT2D eigenvalue weighted by Gasteiger charge is 2.30. The summed E-state index contributed by atoms with van der Waals surface area (Å²) in [6.45, 7) is 4.19. The third-order valence-corrected chi connectivity index (χ3v) is 6.38. The number of nitrogen functional groups attached to an aromatic ring is 1. The van der Waals surface area contributed by atoms with E-state index in [-0.39, 0.29) is 24.3 Å². The minimum absolute atomic E-state index is 0.0451. The minimum atomic E-state index is -0.0497. The molecule has 2 N–H and O–H groups in total. The number of rotatable bonds is 7. The summed E-state index contributed by atoms with van der Waals surface area (Å²) in [6.07, 6.45) is 7.49. The topological polar surface area (TPSA) is 129 Å². The maximum absolute atomic E-state index is 11.9. The number of nitrogens with two attached hydrogens (primary N) is 1. The molecule has 1 fully saturated rings. The highest BCUT2D eigenvalue weighted by molar-refractivity contribution is 5.75. The van der Waals surface area contributed by atoms with Gasteiger partial charge in [-0.1, -0.05) is 30.3 Å². The Morgan fingerprint density at radius 2 is 2.03 bits per heavy atom. The van der Waals surface area contributed by atoms with Gasteiger partial charge in [-0.15, -0.1) is 0 Å². The van der Waals surface area contributed by atoms with Gasteiger partial charge in [0.2, 0.25) is 11.9 Å². The van der Waals surface area contributed by atoms with Crippen molar-refractivity contribution in [1.29, 1.82) is 0 Å². The summed E-state index contributed by atoms with van der Waals surface area (Å²) in [5, 5.41) is 8.51. The van der Waals surface area contributed by atoms with E-state index in [0.29, 0.717) is 23.2 Å². The molecule has 4 aromatic rings. The predicted molar refractivity (Wildman–Crippen MR) is 130 cm³/mol. The number of carbonyl (C=O) groups excluding carboxylic acids is 1. The molecule has 1 amide bonds. The number of hydrogen-bond acceptors (Lipinski definition) is 8. The van der Waals surface area contributed by atoms with Crippen molar-refractivity contribution in [3.63, 3.8) is 0 Å². The Kier molecular flexibility index (Phi) is 5.80. The zero-order chi connectivity index (χ0) is 24.7. The Morgan fingerprint density at radius 3 is 2.74 bits per heavy atom. The van der Waals surface area contributed by atoms with Gasteiger partial charge in [-0.3, -0.25) is 9.48 Å². The highest BCUT2D eigenvalue weighted by Crippen LogP contribution is 2.45. The Morgan fingerprint density at radius 1 is 1.23 bits per heavy atom. The van der Waals surface area contributed by atoms with E-state index >= 15 is 0 Å². The van der Waals surface area contributed by atoms with Crippen molar-refractivity contribution in [3.05, 3.63) is 59.4 Å². The quantitative estimate of drug-likeness (QED) is 0.433. The number of nitrogens with zero attached hydrogens (tertiary/aromatic N) is 7. The summed E-state index contributed by atoms with van der Waals surface area (Å²) in [4.78, 5) is 26.6. The van der Waals surface area contributed by atoms with E-state index in [1.54, 1.807) is 37.4 Å². The summed E-state index contributed by atoms with van der Waals surface area (Å²) in [5.41, 5.74) is 11.8. The fraction of sp³-hybridized carbons (Fsp3) is 0.360. The second kappa shape index (κ2) is 8.94. The van der Waals surface area contributed by atoms with Crippen molar-refractivity contribution in [3.8, 4) is 22.6 Å². The van der Waals surface area contributed by atoms with Gasteiger partial charge >= 0.3 is 0 Å². The number of likely N-dealkylation sites (N-methyl/N-ethyl adjacent to an activating group) is 1. The summed E-state index contributed by atoms with van der Waals surface area (Å²) in [6, 6.07) is 6.47. The second-order valence-electron chi connectivity index (χ2n) is 9.24. The number of anilines is 1. The van der Waals surface area contributed by atoms with Crippen LogP contribution in [0.5, 0.6) is 0 Å². The van der Waals surface area contributed by atoms with E-state index in [0.717, 1.165) is 16.8 Å². The Labute approximate surface area is 203 Å². The van der Waals surface area contributed by atoms with Crippen molar-refractivity contribution in [1.82, 2.24) is 34.8 Å². The lowest BCUT2D eigenvalue weighted by Gasteiger charge is -2.16. The first-order valence-corrected chi connectivity index (χ1v) is 11.6. The molecule has 1 saturated carbocycles. The van der Waals surface area contributed by atoms with Gasteiger partial charge in [0.15, 0.2) is 5.82 Å². The molecule has 1 unspecified atom stereocenters. The Balaban J connectivity index is 1.41. The third kappa shape index (κ3) is 4.64. The first-order chi connectivity index (χ1) is 16.8. The molecule has 1 aliphatic carbocycles. The molecule has 35 heavy (non-hydrogen) atoms. The zero-order valence-corrected chi connectivity index (χ0v) is 20.3. The first kappa shape index (κ1) is 22.7. The van der Waals surface area contributed by atoms with Gasteiger partial charge < -0.3 is 15.2 Å². The highest BCUT2D eigenvalue weighted by atomic mass is 16.5. The number of benzene rings is 1. The van der Waals surface area contributed by atoms with Gasteiger partial charge in [0, 0.05) is 38.0 Å². The average molecular weight is 473 g/mol. The van der Waals surface area contributed by atoms with E-state index < -0.39 is 0 Å². The number of aryl methyl sites for hydroxylation is 1. The molecule has 10 heteroatoms. The fourth-order valence-corrected chi connectivity index (χ4v) is 4.16. The number of carbonyl (C=O) groups is 1. The molecule has 10 nitrogen and oxygen atoms in total. The molecule has 0 saturated heterocycles. The van der Waals surface area contributed by atoms with Gasteiger partial charge in [0.05, 0.1) is 17.5 Å². The molecule has 1 aromatic carbocycles. The van der Waals surface area contributed by atoms with Gasteiger partial charge in [0.1, 0.15) is 6.54 Å². The summed E-state index contributed by atoms with van der Waals surface area (Å²) in [5.74, 6) is 1.71. The molecule has 1 aliphatic rings. The van der Waals surface area contributed by atoms with Crippen molar-refractivity contribution in [2.24, 2.45) is 0 Å². The van der Waals surface area contributed by atoms with Crippen LogP contribution in [0.2, 0.25) is 0 Å². The van der Waals surface area contributed by atoms with Crippen LogP contribution in [0.15, 0.2) is 41.3 Å². The predicted octanol–water partition coefficient (Wildman–Crippen LogP) is 3.40. The summed E-state index contributed by atoms with van der Waals surface area (Å²) in [7, 11) is 3.43. The van der Waals surface area contributed by atoms with Gasteiger partial charge in [0.25, 0.3) is 5.89 Å². The van der Waals surface area contributed by atoms with E-state index in [2.05, 4.69) is 50.3 Å². The van der Waals surface area contributed by atoms with Crippen LogP contribution < -0.4 is 5.73 Å². The number of amides is 1. The van der Waals surface area contributed by atoms with Gasteiger partial charge in [-0.05, 0) is 42.4 Å². The zero-order valence-electron chi connectivity index (χ0n) is 20.3. The number of aromatic nitrogens is 6. The Bertz CT molecular complexity index is 1390. The summed E-state index contributed by atoms with van der Waals surface area (Å²) >= 11 is 0. The van der Waals surface area contributed by atoms with Crippen LogP contribution >= 0.6 is 0 Å². The minimum Gasteiger partial charge on any atom is -0.368 e. The third-order valence-electron chi connectivity index (χ3n) is 6.38. The molecule has 0 spiro atoms. The molecule has 0 aliphatic heterocycles. The molecule has 0 bridgehead atoms. The van der Waals surface area contributed by atoms with Crippen LogP contribution in [0.4, 0.5) is 5.95 Å². The number of hydrogen-bond donors (Lipinski definition) is 1.